The summed E-state index contributed by atoms with van der Waals surface area (Å²) in [4.78, 5) is 10.8. The van der Waals surface area contributed by atoms with Gasteiger partial charge in [-0.25, -0.2) is 0 Å². The number of ether oxygens (including phenoxy) is 1. The Balaban J connectivity index is 2.86. The Kier molecular flexibility index (Phi) is 4.31. The van der Waals surface area contributed by atoms with Crippen LogP contribution in [-0.2, 0) is 4.79 Å². The number of aliphatic carboxylic acids is 1. The molecule has 0 saturated carbocycles. The number of hydrogen-bond donors (Lipinski definition) is 2. The summed E-state index contributed by atoms with van der Waals surface area (Å²) in [6.45, 7) is 4.07. The zero-order chi connectivity index (χ0) is 12.1. The molecule has 0 amide bonds. The molecule has 2 unspecified atom stereocenters. The van der Waals surface area contributed by atoms with E-state index in [1.165, 1.54) is 0 Å². The molecule has 1 aromatic carbocycles. The van der Waals surface area contributed by atoms with Crippen LogP contribution in [-0.4, -0.2) is 17.7 Å². The third-order valence-electron chi connectivity index (χ3n) is 2.48. The van der Waals surface area contributed by atoms with Crippen molar-refractivity contribution in [3.63, 3.8) is 0 Å². The molecular formula is C12H17NO3. The first-order chi connectivity index (χ1) is 7.56. The van der Waals surface area contributed by atoms with E-state index in [1.54, 1.807) is 13.0 Å². The quantitative estimate of drug-likeness (QED) is 0.798. The smallest absolute Gasteiger partial charge is 0.308 e. The summed E-state index contributed by atoms with van der Waals surface area (Å²) in [6.07, 6.45) is 0. The second-order valence-corrected chi connectivity index (χ2v) is 3.66. The second-order valence-electron chi connectivity index (χ2n) is 3.66. The molecule has 16 heavy (non-hydrogen) atoms. The predicted molar refractivity (Wildman–Crippen MR) is 61.3 cm³/mol. The summed E-state index contributed by atoms with van der Waals surface area (Å²) >= 11 is 0. The van der Waals surface area contributed by atoms with Crippen LogP contribution in [0.2, 0.25) is 0 Å². The molecule has 4 heteroatoms. The van der Waals surface area contributed by atoms with Crippen molar-refractivity contribution < 1.29 is 14.6 Å². The first-order valence-electron chi connectivity index (χ1n) is 5.27. The van der Waals surface area contributed by atoms with Gasteiger partial charge in [0.1, 0.15) is 5.75 Å². The zero-order valence-corrected chi connectivity index (χ0v) is 9.51. The summed E-state index contributed by atoms with van der Waals surface area (Å²) in [6, 6.07) is 6.72. The van der Waals surface area contributed by atoms with E-state index in [0.717, 1.165) is 5.56 Å². The number of rotatable bonds is 5. The number of carbonyl (C=O) groups is 1. The fourth-order valence-corrected chi connectivity index (χ4v) is 1.42. The van der Waals surface area contributed by atoms with Crippen LogP contribution in [0.3, 0.4) is 0 Å². The highest BCUT2D eigenvalue weighted by molar-refractivity contribution is 5.70. The standard InChI is InChI=1S/C12H17NO3/c1-3-16-10-6-4-5-9(7-10)11(13)8(2)12(14)15/h4-8,11H,3,13H2,1-2H3,(H,14,15). The van der Waals surface area contributed by atoms with E-state index >= 15 is 0 Å². The Labute approximate surface area is 95.0 Å². The monoisotopic (exact) mass is 223 g/mol. The van der Waals surface area contributed by atoms with E-state index < -0.39 is 17.9 Å². The van der Waals surface area contributed by atoms with Gasteiger partial charge in [0.05, 0.1) is 12.5 Å². The lowest BCUT2D eigenvalue weighted by molar-refractivity contribution is -0.141. The van der Waals surface area contributed by atoms with Gasteiger partial charge in [-0.2, -0.15) is 0 Å². The van der Waals surface area contributed by atoms with E-state index in [2.05, 4.69) is 0 Å². The molecule has 0 bridgehead atoms. The average Bonchev–Trinajstić information content (AvgIpc) is 2.28. The van der Waals surface area contributed by atoms with Gasteiger partial charge < -0.3 is 15.6 Å². The minimum atomic E-state index is -0.894. The van der Waals surface area contributed by atoms with Crippen molar-refractivity contribution in [2.75, 3.05) is 6.61 Å². The van der Waals surface area contributed by atoms with Crippen LogP contribution in [0, 0.1) is 5.92 Å². The Morgan fingerprint density at radius 2 is 2.25 bits per heavy atom. The van der Waals surface area contributed by atoms with E-state index in [0.29, 0.717) is 12.4 Å². The molecular weight excluding hydrogens is 206 g/mol. The highest BCUT2D eigenvalue weighted by Gasteiger charge is 2.21. The lowest BCUT2D eigenvalue weighted by Crippen LogP contribution is -2.25. The van der Waals surface area contributed by atoms with Crippen LogP contribution < -0.4 is 10.5 Å². The van der Waals surface area contributed by atoms with Crippen LogP contribution in [0.15, 0.2) is 24.3 Å². The lowest BCUT2D eigenvalue weighted by atomic mass is 9.95. The van der Waals surface area contributed by atoms with Gasteiger partial charge in [-0.05, 0) is 24.6 Å². The molecule has 0 fully saturated rings. The van der Waals surface area contributed by atoms with E-state index in [9.17, 15) is 4.79 Å². The SMILES string of the molecule is CCOc1cccc(C(N)C(C)C(=O)O)c1. The molecule has 4 nitrogen and oxygen atoms in total. The lowest BCUT2D eigenvalue weighted by Gasteiger charge is -2.17. The molecule has 0 radical (unpaired) electrons. The Bertz CT molecular complexity index is 365. The average molecular weight is 223 g/mol. The van der Waals surface area contributed by atoms with Crippen molar-refractivity contribution in [1.29, 1.82) is 0 Å². The molecule has 0 saturated heterocycles. The van der Waals surface area contributed by atoms with Gasteiger partial charge in [-0.3, -0.25) is 4.79 Å². The fourth-order valence-electron chi connectivity index (χ4n) is 1.42. The molecule has 0 aliphatic rings. The Morgan fingerprint density at radius 3 is 2.81 bits per heavy atom. The Morgan fingerprint density at radius 1 is 1.56 bits per heavy atom. The summed E-state index contributed by atoms with van der Waals surface area (Å²) < 4.78 is 5.33. The van der Waals surface area contributed by atoms with Crippen molar-refractivity contribution in [3.8, 4) is 5.75 Å². The molecule has 0 aromatic heterocycles. The van der Waals surface area contributed by atoms with Crippen LogP contribution in [0.4, 0.5) is 0 Å². The van der Waals surface area contributed by atoms with Crippen molar-refractivity contribution in [1.82, 2.24) is 0 Å². The highest BCUT2D eigenvalue weighted by atomic mass is 16.5. The van der Waals surface area contributed by atoms with Crippen molar-refractivity contribution in [3.05, 3.63) is 29.8 Å². The summed E-state index contributed by atoms with van der Waals surface area (Å²) in [5, 5.41) is 8.88. The van der Waals surface area contributed by atoms with Crippen molar-refractivity contribution in [2.45, 2.75) is 19.9 Å². The predicted octanol–water partition coefficient (Wildman–Crippen LogP) is 1.81. The number of carboxylic acid groups (broad SMARTS) is 1. The van der Waals surface area contributed by atoms with E-state index in [-0.39, 0.29) is 0 Å². The van der Waals surface area contributed by atoms with E-state index in [1.807, 2.05) is 25.1 Å². The van der Waals surface area contributed by atoms with Crippen molar-refractivity contribution >= 4 is 5.97 Å². The van der Waals surface area contributed by atoms with Crippen molar-refractivity contribution in [2.24, 2.45) is 11.7 Å². The maximum atomic E-state index is 10.8. The molecule has 3 N–H and O–H groups in total. The third kappa shape index (κ3) is 2.97. The molecule has 2 atom stereocenters. The van der Waals surface area contributed by atoms with E-state index in [4.69, 9.17) is 15.6 Å². The van der Waals surface area contributed by atoms with Gasteiger partial charge in [-0.15, -0.1) is 0 Å². The third-order valence-corrected chi connectivity index (χ3v) is 2.48. The van der Waals surface area contributed by atoms with Gasteiger partial charge in [0, 0.05) is 6.04 Å². The normalized spacial score (nSPS) is 14.2. The van der Waals surface area contributed by atoms with Crippen LogP contribution in [0.25, 0.3) is 0 Å². The largest absolute Gasteiger partial charge is 0.494 e. The highest BCUT2D eigenvalue weighted by Crippen LogP contribution is 2.23. The molecule has 88 valence electrons. The first-order valence-corrected chi connectivity index (χ1v) is 5.27. The molecule has 1 rings (SSSR count). The minimum Gasteiger partial charge on any atom is -0.494 e. The second kappa shape index (κ2) is 5.51. The van der Waals surface area contributed by atoms with Crippen LogP contribution in [0.1, 0.15) is 25.5 Å². The van der Waals surface area contributed by atoms with Gasteiger partial charge in [0.25, 0.3) is 0 Å². The maximum absolute atomic E-state index is 10.8. The van der Waals surface area contributed by atoms with Crippen LogP contribution >= 0.6 is 0 Å². The summed E-state index contributed by atoms with van der Waals surface area (Å²) in [7, 11) is 0. The first kappa shape index (κ1) is 12.5. The summed E-state index contributed by atoms with van der Waals surface area (Å²) in [5.74, 6) is -0.792. The van der Waals surface area contributed by atoms with Gasteiger partial charge in [-0.1, -0.05) is 19.1 Å². The number of carboxylic acids is 1. The minimum absolute atomic E-state index is 0.516. The topological polar surface area (TPSA) is 72.5 Å². The number of benzene rings is 1. The molecule has 1 aromatic rings. The molecule has 0 aliphatic heterocycles. The summed E-state index contributed by atoms with van der Waals surface area (Å²) in [5.41, 5.74) is 6.65. The van der Waals surface area contributed by atoms with Crippen LogP contribution in [0.5, 0.6) is 5.75 Å². The molecule has 0 heterocycles. The number of nitrogens with two attached hydrogens (primary N) is 1. The Hall–Kier alpha value is -1.55. The molecule has 0 spiro atoms. The molecule has 0 aliphatic carbocycles. The van der Waals surface area contributed by atoms with Gasteiger partial charge in [0.2, 0.25) is 0 Å². The van der Waals surface area contributed by atoms with Gasteiger partial charge in [0.15, 0.2) is 0 Å². The number of hydrogen-bond acceptors (Lipinski definition) is 3. The fraction of sp³-hybridized carbons (Fsp3) is 0.417. The van der Waals surface area contributed by atoms with Gasteiger partial charge >= 0.3 is 5.97 Å². The zero-order valence-electron chi connectivity index (χ0n) is 9.51. The maximum Gasteiger partial charge on any atom is 0.308 e.